The van der Waals surface area contributed by atoms with E-state index in [9.17, 15) is 9.59 Å². The first-order valence-corrected chi connectivity index (χ1v) is 5.91. The van der Waals surface area contributed by atoms with Gasteiger partial charge in [0.05, 0.1) is 25.2 Å². The molecule has 110 valence electrons. The summed E-state index contributed by atoms with van der Waals surface area (Å²) in [5, 5.41) is 16.0. The van der Waals surface area contributed by atoms with Gasteiger partial charge < -0.3 is 14.4 Å². The van der Waals surface area contributed by atoms with Crippen molar-refractivity contribution in [3.8, 4) is 0 Å². The lowest BCUT2D eigenvalue weighted by atomic mass is 10.2. The van der Waals surface area contributed by atoms with Crippen LogP contribution in [0.15, 0.2) is 0 Å². The van der Waals surface area contributed by atoms with Gasteiger partial charge in [-0.15, -0.1) is 0 Å². The van der Waals surface area contributed by atoms with Crippen LogP contribution in [0.1, 0.15) is 12.8 Å². The van der Waals surface area contributed by atoms with Gasteiger partial charge in [-0.1, -0.05) is 0 Å². The van der Waals surface area contributed by atoms with Crippen molar-refractivity contribution in [2.75, 3.05) is 33.0 Å². The topological polar surface area (TPSA) is 109 Å². The second-order valence-corrected chi connectivity index (χ2v) is 3.87. The van der Waals surface area contributed by atoms with Gasteiger partial charge in [0.1, 0.15) is 12.6 Å². The van der Waals surface area contributed by atoms with Crippen LogP contribution in [0.25, 0.3) is 0 Å². The molecule has 0 aromatic rings. The summed E-state index contributed by atoms with van der Waals surface area (Å²) in [5.74, 6) is -0.429. The predicted molar refractivity (Wildman–Crippen MR) is 58.9 cm³/mol. The summed E-state index contributed by atoms with van der Waals surface area (Å²) >= 11 is 0. The van der Waals surface area contributed by atoms with Crippen molar-refractivity contribution >= 4 is 12.4 Å². The van der Waals surface area contributed by atoms with Gasteiger partial charge in [-0.25, -0.2) is 9.63 Å². The van der Waals surface area contributed by atoms with E-state index in [2.05, 4.69) is 4.84 Å². The van der Waals surface area contributed by atoms with Crippen LogP contribution in [-0.2, 0) is 23.9 Å². The monoisotopic (exact) mass is 278 g/mol. The normalized spacial score (nSPS) is 18.9. The molecule has 1 fully saturated rings. The first-order chi connectivity index (χ1) is 9.15. The Morgan fingerprint density at radius 3 is 2.74 bits per heavy atom. The fourth-order valence-corrected chi connectivity index (χ4v) is 1.75. The Balaban J connectivity index is 2.03. The number of hydrogen-bond donors (Lipinski definition) is 2. The fourth-order valence-electron chi connectivity index (χ4n) is 1.75. The first kappa shape index (κ1) is 15.8. The van der Waals surface area contributed by atoms with Gasteiger partial charge in [-0.2, -0.15) is 0 Å². The van der Waals surface area contributed by atoms with Crippen molar-refractivity contribution < 1.29 is 34.3 Å². The molecule has 0 radical (unpaired) electrons. The zero-order chi connectivity index (χ0) is 14.1. The highest BCUT2D eigenvalue weighted by atomic mass is 17.1. The molecule has 1 atom stereocenters. The van der Waals surface area contributed by atoms with Gasteiger partial charge in [0.25, 0.3) is 0 Å². The summed E-state index contributed by atoms with van der Waals surface area (Å²) in [5.41, 5.74) is 0. The molecule has 1 heterocycles. The molecule has 1 amide bonds. The molecule has 0 spiro atoms. The SMILES string of the molecule is O=CN1CCCC1C(=O)OCCOCCON(O)O. The van der Waals surface area contributed by atoms with Crippen LogP contribution in [0, 0.1) is 0 Å². The first-order valence-electron chi connectivity index (χ1n) is 5.91. The molecule has 1 saturated heterocycles. The Morgan fingerprint density at radius 1 is 1.32 bits per heavy atom. The minimum atomic E-state index is -0.488. The molecule has 19 heavy (non-hydrogen) atoms. The summed E-state index contributed by atoms with van der Waals surface area (Å²) in [7, 11) is 0. The van der Waals surface area contributed by atoms with Crippen molar-refractivity contribution in [3.05, 3.63) is 0 Å². The van der Waals surface area contributed by atoms with Crippen LogP contribution in [0.4, 0.5) is 0 Å². The second kappa shape index (κ2) is 8.77. The van der Waals surface area contributed by atoms with Gasteiger partial charge in [-0.3, -0.25) is 15.2 Å². The third kappa shape index (κ3) is 5.94. The van der Waals surface area contributed by atoms with Gasteiger partial charge in [0.15, 0.2) is 0 Å². The molecule has 0 saturated carbocycles. The average Bonchev–Trinajstić information content (AvgIpc) is 2.85. The molecule has 1 rings (SSSR count). The van der Waals surface area contributed by atoms with Crippen molar-refractivity contribution in [2.24, 2.45) is 0 Å². The number of likely N-dealkylation sites (tertiary alicyclic amines) is 1. The van der Waals surface area contributed by atoms with Crippen LogP contribution in [-0.4, -0.2) is 72.1 Å². The molecule has 1 aliphatic rings. The molecule has 0 aromatic carbocycles. The molecule has 9 heteroatoms. The largest absolute Gasteiger partial charge is 0.462 e. The summed E-state index contributed by atoms with van der Waals surface area (Å²) in [6.07, 6.45) is 2.07. The van der Waals surface area contributed by atoms with E-state index in [1.54, 1.807) is 0 Å². The van der Waals surface area contributed by atoms with Crippen molar-refractivity contribution in [3.63, 3.8) is 0 Å². The minimum Gasteiger partial charge on any atom is -0.462 e. The van der Waals surface area contributed by atoms with Gasteiger partial charge in [-0.05, 0) is 12.8 Å². The molecule has 1 unspecified atom stereocenters. The number of rotatable bonds is 9. The lowest BCUT2D eigenvalue weighted by molar-refractivity contribution is -0.493. The van der Waals surface area contributed by atoms with Gasteiger partial charge in [0, 0.05) is 6.54 Å². The Kier molecular flexibility index (Phi) is 7.30. The Hall–Kier alpha value is -1.26. The highest BCUT2D eigenvalue weighted by Crippen LogP contribution is 2.16. The van der Waals surface area contributed by atoms with E-state index in [0.717, 1.165) is 6.42 Å². The third-order valence-electron chi connectivity index (χ3n) is 2.61. The van der Waals surface area contributed by atoms with Crippen LogP contribution < -0.4 is 0 Å². The maximum absolute atomic E-state index is 11.6. The summed E-state index contributed by atoms with van der Waals surface area (Å²) in [4.78, 5) is 27.9. The van der Waals surface area contributed by atoms with Crippen LogP contribution in [0.3, 0.4) is 0 Å². The van der Waals surface area contributed by atoms with Crippen LogP contribution in [0.2, 0.25) is 0 Å². The van der Waals surface area contributed by atoms with E-state index in [1.807, 2.05) is 0 Å². The van der Waals surface area contributed by atoms with Gasteiger partial charge >= 0.3 is 5.97 Å². The molecule has 1 aliphatic heterocycles. The van der Waals surface area contributed by atoms with E-state index in [-0.39, 0.29) is 26.4 Å². The van der Waals surface area contributed by atoms with Crippen molar-refractivity contribution in [2.45, 2.75) is 18.9 Å². The quantitative estimate of drug-likeness (QED) is 0.244. The molecular formula is C10H18N2O7. The maximum atomic E-state index is 11.6. The van der Waals surface area contributed by atoms with Crippen molar-refractivity contribution in [1.82, 2.24) is 10.3 Å². The number of nitrogens with zero attached hydrogens (tertiary/aromatic N) is 2. The zero-order valence-electron chi connectivity index (χ0n) is 10.4. The number of hydrogen-bond acceptors (Lipinski definition) is 8. The van der Waals surface area contributed by atoms with Crippen LogP contribution >= 0.6 is 0 Å². The highest BCUT2D eigenvalue weighted by molar-refractivity contribution is 5.78. The maximum Gasteiger partial charge on any atom is 0.328 e. The molecule has 0 aliphatic carbocycles. The predicted octanol–water partition coefficient (Wildman–Crippen LogP) is -0.821. The smallest absolute Gasteiger partial charge is 0.328 e. The molecule has 0 aromatic heterocycles. The molecular weight excluding hydrogens is 260 g/mol. The number of esters is 1. The van der Waals surface area contributed by atoms with E-state index < -0.39 is 17.4 Å². The summed E-state index contributed by atoms with van der Waals surface area (Å²) in [6.45, 7) is 0.904. The fraction of sp³-hybridized carbons (Fsp3) is 0.800. The van der Waals surface area contributed by atoms with E-state index in [1.165, 1.54) is 4.90 Å². The zero-order valence-corrected chi connectivity index (χ0v) is 10.4. The standard InChI is InChI=1S/C10H18N2O7/c13-8-11-3-1-2-9(11)10(14)18-6-4-17-5-7-19-12(15)16/h8-9,15-16H,1-7H2. The van der Waals surface area contributed by atoms with E-state index in [4.69, 9.17) is 19.9 Å². The Morgan fingerprint density at radius 2 is 2.05 bits per heavy atom. The lowest BCUT2D eigenvalue weighted by Gasteiger charge is -2.18. The molecule has 2 N–H and O–H groups in total. The van der Waals surface area contributed by atoms with Crippen LogP contribution in [0.5, 0.6) is 0 Å². The number of amides is 1. The molecule has 0 bridgehead atoms. The highest BCUT2D eigenvalue weighted by Gasteiger charge is 2.30. The summed E-state index contributed by atoms with van der Waals surface area (Å²) in [6, 6.07) is -0.488. The van der Waals surface area contributed by atoms with E-state index >= 15 is 0 Å². The number of carbonyl (C=O) groups excluding carboxylic acids is 2. The second-order valence-electron chi connectivity index (χ2n) is 3.87. The Bertz CT molecular complexity index is 287. The minimum absolute atomic E-state index is 0.0392. The number of carbonyl (C=O) groups is 2. The molecule has 9 nitrogen and oxygen atoms in total. The summed E-state index contributed by atoms with van der Waals surface area (Å²) < 4.78 is 9.99. The number of ether oxygens (including phenoxy) is 2. The van der Waals surface area contributed by atoms with E-state index in [0.29, 0.717) is 19.4 Å². The average molecular weight is 278 g/mol. The van der Waals surface area contributed by atoms with Gasteiger partial charge in [0.2, 0.25) is 6.41 Å². The lowest BCUT2D eigenvalue weighted by Crippen LogP contribution is -2.36. The third-order valence-corrected chi connectivity index (χ3v) is 2.61. The van der Waals surface area contributed by atoms with Crippen molar-refractivity contribution in [1.29, 1.82) is 0 Å². The Labute approximate surface area is 110 Å².